The van der Waals surface area contributed by atoms with E-state index in [1.165, 1.54) is 17.7 Å². The van der Waals surface area contributed by atoms with E-state index in [0.717, 1.165) is 24.1 Å². The molecule has 0 fully saturated rings. The second-order valence-corrected chi connectivity index (χ2v) is 5.84. The average molecular weight is 308 g/mol. The highest BCUT2D eigenvalue weighted by Crippen LogP contribution is 2.31. The number of anilines is 1. The number of halogens is 2. The first-order valence-corrected chi connectivity index (χ1v) is 7.36. The highest BCUT2D eigenvalue weighted by Gasteiger charge is 2.16. The van der Waals surface area contributed by atoms with Crippen molar-refractivity contribution in [3.63, 3.8) is 0 Å². The average Bonchev–Trinajstić information content (AvgIpc) is 2.44. The highest BCUT2D eigenvalue weighted by molar-refractivity contribution is 6.34. The number of aryl methyl sites for hydroxylation is 1. The zero-order valence-electron chi connectivity index (χ0n) is 11.5. The van der Waals surface area contributed by atoms with E-state index in [0.29, 0.717) is 16.1 Å². The van der Waals surface area contributed by atoms with E-state index < -0.39 is 0 Å². The van der Waals surface area contributed by atoms with Crippen LogP contribution in [0.4, 0.5) is 5.69 Å². The predicted molar refractivity (Wildman–Crippen MR) is 83.8 cm³/mol. The third kappa shape index (κ3) is 2.36. The van der Waals surface area contributed by atoms with Crippen LogP contribution in [-0.4, -0.2) is 23.6 Å². The number of benzene rings is 1. The molecule has 0 bridgehead atoms. The fourth-order valence-electron chi connectivity index (χ4n) is 2.52. The van der Waals surface area contributed by atoms with Crippen LogP contribution >= 0.6 is 23.2 Å². The molecule has 0 unspecified atom stereocenters. The predicted octanol–water partition coefficient (Wildman–Crippen LogP) is 4.14. The van der Waals surface area contributed by atoms with Crippen LogP contribution in [0.1, 0.15) is 17.5 Å². The van der Waals surface area contributed by atoms with Gasteiger partial charge in [0.2, 0.25) is 0 Å². The zero-order valence-corrected chi connectivity index (χ0v) is 13.0. The van der Waals surface area contributed by atoms with Crippen molar-refractivity contribution < 1.29 is 0 Å². The van der Waals surface area contributed by atoms with Gasteiger partial charge in [-0.05, 0) is 43.5 Å². The summed E-state index contributed by atoms with van der Waals surface area (Å²) in [5.41, 5.74) is 4.29. The lowest BCUT2D eigenvalue weighted by Gasteiger charge is -2.27. The van der Waals surface area contributed by atoms with Gasteiger partial charge in [0, 0.05) is 30.4 Å². The molecule has 1 aliphatic heterocycles. The van der Waals surface area contributed by atoms with Crippen LogP contribution in [-0.2, 0) is 6.42 Å². The number of nitrogens with zero attached hydrogens (tertiary/aromatic N) is 3. The normalized spacial score (nSPS) is 14.3. The van der Waals surface area contributed by atoms with Gasteiger partial charge in [-0.3, -0.25) is 0 Å². The van der Waals surface area contributed by atoms with Gasteiger partial charge in [0.1, 0.15) is 10.3 Å². The standard InChI is InChI=1S/C15H15Cl2N3/c1-9-13(16)18-15(19-14(9)17)11-5-6-12-10(8-11)4-3-7-20(12)2/h5-6,8H,3-4,7H2,1-2H3. The van der Waals surface area contributed by atoms with Gasteiger partial charge in [0.05, 0.1) is 0 Å². The second kappa shape index (κ2) is 5.23. The molecule has 20 heavy (non-hydrogen) atoms. The quantitative estimate of drug-likeness (QED) is 0.741. The number of rotatable bonds is 1. The molecule has 3 nitrogen and oxygen atoms in total. The Morgan fingerprint density at radius 1 is 1.15 bits per heavy atom. The molecule has 5 heteroatoms. The SMILES string of the molecule is Cc1c(Cl)nc(-c2ccc3c(c2)CCCN3C)nc1Cl. The Kier molecular flexibility index (Phi) is 3.57. The minimum absolute atomic E-state index is 0.412. The van der Waals surface area contributed by atoms with Crippen molar-refractivity contribution in [1.29, 1.82) is 0 Å². The molecule has 0 atom stereocenters. The lowest BCUT2D eigenvalue weighted by molar-refractivity contribution is 0.744. The van der Waals surface area contributed by atoms with Gasteiger partial charge < -0.3 is 4.90 Å². The smallest absolute Gasteiger partial charge is 0.162 e. The Bertz CT molecular complexity index is 647. The van der Waals surface area contributed by atoms with Gasteiger partial charge >= 0.3 is 0 Å². The van der Waals surface area contributed by atoms with E-state index in [4.69, 9.17) is 23.2 Å². The number of aromatic nitrogens is 2. The lowest BCUT2D eigenvalue weighted by Crippen LogP contribution is -2.24. The molecule has 0 aliphatic carbocycles. The highest BCUT2D eigenvalue weighted by atomic mass is 35.5. The van der Waals surface area contributed by atoms with Gasteiger partial charge in [-0.2, -0.15) is 0 Å². The minimum atomic E-state index is 0.412. The van der Waals surface area contributed by atoms with E-state index in [9.17, 15) is 0 Å². The summed E-state index contributed by atoms with van der Waals surface area (Å²) in [5.74, 6) is 0.585. The number of hydrogen-bond donors (Lipinski definition) is 0. The molecular formula is C15H15Cl2N3. The van der Waals surface area contributed by atoms with Gasteiger partial charge in [-0.25, -0.2) is 9.97 Å². The number of fused-ring (bicyclic) bond motifs is 1. The second-order valence-electron chi connectivity index (χ2n) is 5.12. The van der Waals surface area contributed by atoms with Crippen molar-refractivity contribution in [2.45, 2.75) is 19.8 Å². The van der Waals surface area contributed by atoms with Crippen LogP contribution in [0.2, 0.25) is 10.3 Å². The summed E-state index contributed by atoms with van der Waals surface area (Å²) in [6.45, 7) is 2.92. The van der Waals surface area contributed by atoms with Crippen LogP contribution in [0, 0.1) is 6.92 Å². The van der Waals surface area contributed by atoms with Crippen molar-refractivity contribution in [3.05, 3.63) is 39.6 Å². The summed E-state index contributed by atoms with van der Waals surface area (Å²) in [7, 11) is 2.12. The van der Waals surface area contributed by atoms with Crippen molar-refractivity contribution in [2.75, 3.05) is 18.5 Å². The van der Waals surface area contributed by atoms with Crippen LogP contribution in [0.3, 0.4) is 0 Å². The summed E-state index contributed by atoms with van der Waals surface area (Å²) in [6, 6.07) is 6.29. The molecule has 1 aromatic heterocycles. The number of hydrogen-bond acceptors (Lipinski definition) is 3. The molecule has 1 aromatic carbocycles. The fourth-order valence-corrected chi connectivity index (χ4v) is 2.90. The van der Waals surface area contributed by atoms with Crippen molar-refractivity contribution in [3.8, 4) is 11.4 Å². The Hall–Kier alpha value is -1.32. The third-order valence-corrected chi connectivity index (χ3v) is 4.45. The van der Waals surface area contributed by atoms with Crippen molar-refractivity contribution in [1.82, 2.24) is 9.97 Å². The Labute approximate surface area is 128 Å². The van der Waals surface area contributed by atoms with Crippen LogP contribution in [0.15, 0.2) is 18.2 Å². The van der Waals surface area contributed by atoms with E-state index in [1.807, 2.05) is 13.0 Å². The molecule has 2 aromatic rings. The van der Waals surface area contributed by atoms with E-state index >= 15 is 0 Å². The molecule has 0 saturated carbocycles. The molecule has 104 valence electrons. The summed E-state index contributed by atoms with van der Waals surface area (Å²) < 4.78 is 0. The minimum Gasteiger partial charge on any atom is -0.374 e. The maximum absolute atomic E-state index is 6.09. The molecule has 0 radical (unpaired) electrons. The molecule has 0 saturated heterocycles. The monoisotopic (exact) mass is 307 g/mol. The summed E-state index contributed by atoms with van der Waals surface area (Å²) in [6.07, 6.45) is 2.25. The zero-order chi connectivity index (χ0) is 14.3. The Balaban J connectivity index is 2.07. The maximum Gasteiger partial charge on any atom is 0.162 e. The van der Waals surface area contributed by atoms with Gasteiger partial charge in [-0.1, -0.05) is 23.2 Å². The van der Waals surface area contributed by atoms with Crippen LogP contribution < -0.4 is 4.90 Å². The Morgan fingerprint density at radius 2 is 1.85 bits per heavy atom. The summed E-state index contributed by atoms with van der Waals surface area (Å²) in [4.78, 5) is 10.9. The summed E-state index contributed by atoms with van der Waals surface area (Å²) >= 11 is 12.2. The van der Waals surface area contributed by atoms with Gasteiger partial charge in [0.15, 0.2) is 5.82 Å². The molecule has 0 amide bonds. The van der Waals surface area contributed by atoms with E-state index in [-0.39, 0.29) is 0 Å². The maximum atomic E-state index is 6.09. The molecule has 3 rings (SSSR count). The first-order valence-electron chi connectivity index (χ1n) is 6.60. The van der Waals surface area contributed by atoms with Gasteiger partial charge in [-0.15, -0.1) is 0 Å². The first kappa shape index (κ1) is 13.7. The molecular weight excluding hydrogens is 293 g/mol. The van der Waals surface area contributed by atoms with Crippen molar-refractivity contribution in [2.24, 2.45) is 0 Å². The van der Waals surface area contributed by atoms with Gasteiger partial charge in [0.25, 0.3) is 0 Å². The van der Waals surface area contributed by atoms with Crippen molar-refractivity contribution >= 4 is 28.9 Å². The first-order chi connectivity index (χ1) is 9.56. The largest absolute Gasteiger partial charge is 0.374 e. The molecule has 0 spiro atoms. The van der Waals surface area contributed by atoms with Crippen LogP contribution in [0.25, 0.3) is 11.4 Å². The third-order valence-electron chi connectivity index (χ3n) is 3.72. The topological polar surface area (TPSA) is 29.0 Å². The Morgan fingerprint density at radius 3 is 2.55 bits per heavy atom. The molecule has 1 aliphatic rings. The molecule has 0 N–H and O–H groups in total. The molecule has 2 heterocycles. The van der Waals surface area contributed by atoms with E-state index in [1.54, 1.807) is 0 Å². The lowest BCUT2D eigenvalue weighted by atomic mass is 9.99. The van der Waals surface area contributed by atoms with E-state index in [2.05, 4.69) is 34.0 Å². The van der Waals surface area contributed by atoms with Crippen LogP contribution in [0.5, 0.6) is 0 Å². The fraction of sp³-hybridized carbons (Fsp3) is 0.333. The summed E-state index contributed by atoms with van der Waals surface area (Å²) in [5, 5.41) is 0.824.